The summed E-state index contributed by atoms with van der Waals surface area (Å²) in [5.74, 6) is 0.147. The van der Waals surface area contributed by atoms with E-state index in [2.05, 4.69) is 4.90 Å². The maximum Gasteiger partial charge on any atom is 0.123 e. The van der Waals surface area contributed by atoms with Gasteiger partial charge < -0.3 is 15.7 Å². The maximum absolute atomic E-state index is 13.1. The lowest BCUT2D eigenvalue weighted by Gasteiger charge is -2.20. The van der Waals surface area contributed by atoms with Crippen LogP contribution in [-0.4, -0.2) is 35.7 Å². The quantitative estimate of drug-likeness (QED) is 0.856. The van der Waals surface area contributed by atoms with Crippen LogP contribution in [0.4, 0.5) is 4.39 Å². The van der Waals surface area contributed by atoms with Crippen molar-refractivity contribution in [1.82, 2.24) is 4.90 Å². The Morgan fingerprint density at radius 1 is 1.53 bits per heavy atom. The predicted molar refractivity (Wildman–Crippen MR) is 74.2 cm³/mol. The van der Waals surface area contributed by atoms with Crippen LogP contribution in [0.2, 0.25) is 0 Å². The van der Waals surface area contributed by atoms with Crippen molar-refractivity contribution >= 4 is 0 Å². The summed E-state index contributed by atoms with van der Waals surface area (Å²) in [6, 6.07) is 6.39. The summed E-state index contributed by atoms with van der Waals surface area (Å²) in [6.07, 6.45) is 1.63. The summed E-state index contributed by atoms with van der Waals surface area (Å²) in [7, 11) is 0. The van der Waals surface area contributed by atoms with Crippen molar-refractivity contribution in [3.8, 4) is 0 Å². The standard InChI is InChI=1S/C15H23FN2O/c1-11(19)13-5-7-18(10-13)8-6-15(17)12-3-2-4-14(16)9-12/h2-4,9,11,13,15,19H,5-8,10,17H2,1H3. The lowest BCUT2D eigenvalue weighted by molar-refractivity contribution is 0.127. The number of hydrogen-bond donors (Lipinski definition) is 2. The minimum Gasteiger partial charge on any atom is -0.393 e. The second kappa shape index (κ2) is 6.46. The van der Waals surface area contributed by atoms with Crippen molar-refractivity contribution in [2.75, 3.05) is 19.6 Å². The Kier molecular flexibility index (Phi) is 4.91. The van der Waals surface area contributed by atoms with E-state index in [1.165, 1.54) is 12.1 Å². The first-order valence-electron chi connectivity index (χ1n) is 6.97. The van der Waals surface area contributed by atoms with Crippen molar-refractivity contribution in [3.63, 3.8) is 0 Å². The zero-order valence-corrected chi connectivity index (χ0v) is 11.4. The highest BCUT2D eigenvalue weighted by atomic mass is 19.1. The molecular weight excluding hydrogens is 243 g/mol. The number of aliphatic hydroxyl groups is 1. The lowest BCUT2D eigenvalue weighted by atomic mass is 10.0. The monoisotopic (exact) mass is 266 g/mol. The SMILES string of the molecule is CC(O)C1CCN(CCC(N)c2cccc(F)c2)C1. The van der Waals surface area contributed by atoms with Gasteiger partial charge in [0.1, 0.15) is 5.82 Å². The van der Waals surface area contributed by atoms with E-state index in [-0.39, 0.29) is 18.0 Å². The van der Waals surface area contributed by atoms with Crippen LogP contribution in [0.5, 0.6) is 0 Å². The molecule has 3 N–H and O–H groups in total. The van der Waals surface area contributed by atoms with Crippen LogP contribution in [-0.2, 0) is 0 Å². The number of hydrogen-bond acceptors (Lipinski definition) is 3. The normalized spacial score (nSPS) is 23.5. The van der Waals surface area contributed by atoms with Crippen molar-refractivity contribution in [3.05, 3.63) is 35.6 Å². The Hall–Kier alpha value is -0.970. The summed E-state index contributed by atoms with van der Waals surface area (Å²) in [4.78, 5) is 2.33. The molecule has 3 nitrogen and oxygen atoms in total. The molecule has 1 aromatic rings. The third kappa shape index (κ3) is 4.00. The molecule has 0 aliphatic carbocycles. The number of rotatable bonds is 5. The number of aliphatic hydroxyl groups excluding tert-OH is 1. The number of benzene rings is 1. The molecule has 106 valence electrons. The number of likely N-dealkylation sites (tertiary alicyclic amines) is 1. The average molecular weight is 266 g/mol. The molecule has 1 fully saturated rings. The molecule has 1 aliphatic heterocycles. The second-order valence-corrected chi connectivity index (χ2v) is 5.54. The van der Waals surface area contributed by atoms with E-state index in [0.717, 1.165) is 38.0 Å². The molecular formula is C15H23FN2O. The van der Waals surface area contributed by atoms with E-state index in [1.54, 1.807) is 6.07 Å². The van der Waals surface area contributed by atoms with Gasteiger partial charge in [-0.3, -0.25) is 0 Å². The zero-order chi connectivity index (χ0) is 13.8. The molecule has 0 radical (unpaired) electrons. The highest BCUT2D eigenvalue weighted by molar-refractivity contribution is 5.19. The van der Waals surface area contributed by atoms with Crippen molar-refractivity contribution in [2.24, 2.45) is 11.7 Å². The summed E-state index contributed by atoms with van der Waals surface area (Å²) in [6.45, 7) is 4.71. The highest BCUT2D eigenvalue weighted by Gasteiger charge is 2.25. The lowest BCUT2D eigenvalue weighted by Crippen LogP contribution is -2.27. The van der Waals surface area contributed by atoms with Crippen molar-refractivity contribution < 1.29 is 9.50 Å². The van der Waals surface area contributed by atoms with Crippen LogP contribution in [0.3, 0.4) is 0 Å². The maximum atomic E-state index is 13.1. The van der Waals surface area contributed by atoms with Gasteiger partial charge in [-0.05, 0) is 56.5 Å². The molecule has 0 saturated carbocycles. The average Bonchev–Trinajstić information content (AvgIpc) is 2.85. The Bertz CT molecular complexity index is 411. The summed E-state index contributed by atoms with van der Waals surface area (Å²) < 4.78 is 13.1. The van der Waals surface area contributed by atoms with E-state index in [4.69, 9.17) is 5.73 Å². The molecule has 1 heterocycles. The van der Waals surface area contributed by atoms with Gasteiger partial charge >= 0.3 is 0 Å². The molecule has 0 bridgehead atoms. The Morgan fingerprint density at radius 3 is 2.95 bits per heavy atom. The first-order chi connectivity index (χ1) is 9.06. The summed E-state index contributed by atoms with van der Waals surface area (Å²) >= 11 is 0. The van der Waals surface area contributed by atoms with E-state index >= 15 is 0 Å². The first-order valence-corrected chi connectivity index (χ1v) is 6.97. The van der Waals surface area contributed by atoms with E-state index in [9.17, 15) is 9.50 Å². The van der Waals surface area contributed by atoms with Gasteiger partial charge in [-0.15, -0.1) is 0 Å². The smallest absolute Gasteiger partial charge is 0.123 e. The molecule has 3 unspecified atom stereocenters. The van der Waals surface area contributed by atoms with Crippen LogP contribution in [0.25, 0.3) is 0 Å². The molecule has 2 rings (SSSR count). The number of nitrogens with two attached hydrogens (primary N) is 1. The molecule has 0 amide bonds. The number of nitrogens with zero attached hydrogens (tertiary/aromatic N) is 1. The topological polar surface area (TPSA) is 49.5 Å². The molecule has 0 aromatic heterocycles. The Balaban J connectivity index is 1.80. The second-order valence-electron chi connectivity index (χ2n) is 5.54. The summed E-state index contributed by atoms with van der Waals surface area (Å²) in [5, 5.41) is 9.56. The van der Waals surface area contributed by atoms with Gasteiger partial charge in [-0.25, -0.2) is 4.39 Å². The fourth-order valence-electron chi connectivity index (χ4n) is 2.69. The van der Waals surface area contributed by atoms with Gasteiger partial charge in [-0.1, -0.05) is 12.1 Å². The van der Waals surface area contributed by atoms with Crippen LogP contribution in [0.15, 0.2) is 24.3 Å². The molecule has 4 heteroatoms. The molecule has 0 spiro atoms. The fourth-order valence-corrected chi connectivity index (χ4v) is 2.69. The minimum absolute atomic E-state index is 0.124. The van der Waals surface area contributed by atoms with E-state index < -0.39 is 0 Å². The van der Waals surface area contributed by atoms with Gasteiger partial charge in [0, 0.05) is 12.6 Å². The first kappa shape index (κ1) is 14.4. The van der Waals surface area contributed by atoms with Crippen LogP contribution in [0, 0.1) is 11.7 Å². The highest BCUT2D eigenvalue weighted by Crippen LogP contribution is 2.22. The molecule has 19 heavy (non-hydrogen) atoms. The molecule has 1 saturated heterocycles. The van der Waals surface area contributed by atoms with Gasteiger partial charge in [0.2, 0.25) is 0 Å². The summed E-state index contributed by atoms with van der Waals surface area (Å²) in [5.41, 5.74) is 6.95. The Morgan fingerprint density at radius 2 is 2.32 bits per heavy atom. The fraction of sp³-hybridized carbons (Fsp3) is 0.600. The van der Waals surface area contributed by atoms with Gasteiger partial charge in [0.25, 0.3) is 0 Å². The van der Waals surface area contributed by atoms with Crippen LogP contribution < -0.4 is 5.73 Å². The van der Waals surface area contributed by atoms with E-state index in [0.29, 0.717) is 5.92 Å². The van der Waals surface area contributed by atoms with Crippen LogP contribution in [0.1, 0.15) is 31.4 Å². The van der Waals surface area contributed by atoms with Gasteiger partial charge in [-0.2, -0.15) is 0 Å². The van der Waals surface area contributed by atoms with Crippen molar-refractivity contribution in [2.45, 2.75) is 31.9 Å². The van der Waals surface area contributed by atoms with Crippen LogP contribution >= 0.6 is 0 Å². The molecule has 1 aromatic carbocycles. The molecule has 3 atom stereocenters. The van der Waals surface area contributed by atoms with Gasteiger partial charge in [0.15, 0.2) is 0 Å². The molecule has 1 aliphatic rings. The predicted octanol–water partition coefficient (Wildman–Crippen LogP) is 1.92. The van der Waals surface area contributed by atoms with Crippen molar-refractivity contribution in [1.29, 1.82) is 0 Å². The number of halogens is 1. The third-order valence-electron chi connectivity index (χ3n) is 4.02. The van der Waals surface area contributed by atoms with E-state index in [1.807, 2.05) is 13.0 Å². The minimum atomic E-state index is -0.234. The van der Waals surface area contributed by atoms with Gasteiger partial charge in [0.05, 0.1) is 6.10 Å². The third-order valence-corrected chi connectivity index (χ3v) is 4.02. The zero-order valence-electron chi connectivity index (χ0n) is 11.4. The largest absolute Gasteiger partial charge is 0.393 e. The Labute approximate surface area is 114 Å².